The second-order valence-corrected chi connectivity index (χ2v) is 8.77. The summed E-state index contributed by atoms with van der Waals surface area (Å²) in [6.45, 7) is 0. The van der Waals surface area contributed by atoms with Crippen molar-refractivity contribution >= 4 is 59.2 Å². The first-order chi connectivity index (χ1) is 17.9. The van der Waals surface area contributed by atoms with E-state index < -0.39 is 66.2 Å². The number of aromatic nitrogens is 1. The van der Waals surface area contributed by atoms with Crippen molar-refractivity contribution in [1.82, 2.24) is 20.9 Å². The lowest BCUT2D eigenvalue weighted by molar-refractivity contribution is -0.143. The molecular formula is C23H29N5O9S. The standard InChI is InChI=1S/C23H29N5O9S/c24-13(5-6-18(29)30)20(33)26-15(7-11-9-25-14-4-2-1-3-12(11)14)21(34)27-16(8-19(31)32)22(35)28-17(10-38)23(36)37/h1-4,9,13,15-17,25,38H,5-8,10,24H2,(H,26,33)(H,27,34)(H,28,35)(H,29,30)(H,31,32)(H,36,37). The van der Waals surface area contributed by atoms with E-state index in [1.165, 1.54) is 0 Å². The second-order valence-electron chi connectivity index (χ2n) is 8.40. The van der Waals surface area contributed by atoms with Gasteiger partial charge >= 0.3 is 17.9 Å². The summed E-state index contributed by atoms with van der Waals surface area (Å²) in [4.78, 5) is 75.0. The molecule has 1 aromatic carbocycles. The summed E-state index contributed by atoms with van der Waals surface area (Å²) in [5.74, 6) is -7.14. The zero-order valence-electron chi connectivity index (χ0n) is 20.0. The molecule has 2 aromatic rings. The number of H-pyrrole nitrogens is 1. The van der Waals surface area contributed by atoms with Crippen molar-refractivity contribution in [2.75, 3.05) is 5.75 Å². The Balaban J connectivity index is 2.29. The van der Waals surface area contributed by atoms with Gasteiger partial charge in [0.25, 0.3) is 0 Å². The van der Waals surface area contributed by atoms with E-state index in [2.05, 4.69) is 33.6 Å². The number of thiol groups is 1. The fourth-order valence-corrected chi connectivity index (χ4v) is 3.78. The highest BCUT2D eigenvalue weighted by molar-refractivity contribution is 7.80. The molecule has 0 bridgehead atoms. The first-order valence-electron chi connectivity index (χ1n) is 11.4. The Morgan fingerprint density at radius 3 is 2.08 bits per heavy atom. The zero-order chi connectivity index (χ0) is 28.4. The van der Waals surface area contributed by atoms with Crippen LogP contribution in [0, 0.1) is 0 Å². The quantitative estimate of drug-likeness (QED) is 0.120. The zero-order valence-corrected chi connectivity index (χ0v) is 20.9. The van der Waals surface area contributed by atoms with Crippen LogP contribution in [0.15, 0.2) is 30.5 Å². The van der Waals surface area contributed by atoms with Crippen molar-refractivity contribution in [3.05, 3.63) is 36.0 Å². The number of amides is 3. The molecule has 0 saturated carbocycles. The molecule has 0 fully saturated rings. The van der Waals surface area contributed by atoms with Crippen molar-refractivity contribution in [2.45, 2.75) is 49.9 Å². The maximum absolute atomic E-state index is 13.2. The molecule has 2 rings (SSSR count). The van der Waals surface area contributed by atoms with Crippen LogP contribution >= 0.6 is 12.6 Å². The number of carboxylic acid groups (broad SMARTS) is 3. The number of fused-ring (bicyclic) bond motifs is 1. The average molecular weight is 552 g/mol. The Morgan fingerprint density at radius 2 is 1.47 bits per heavy atom. The average Bonchev–Trinajstić information content (AvgIpc) is 3.26. The molecule has 206 valence electrons. The third kappa shape index (κ3) is 8.77. The van der Waals surface area contributed by atoms with Gasteiger partial charge in [0.05, 0.1) is 12.5 Å². The molecule has 0 aliphatic heterocycles. The monoisotopic (exact) mass is 551 g/mol. The van der Waals surface area contributed by atoms with Crippen LogP contribution in [0.3, 0.4) is 0 Å². The molecule has 38 heavy (non-hydrogen) atoms. The molecule has 15 heteroatoms. The smallest absolute Gasteiger partial charge is 0.327 e. The van der Waals surface area contributed by atoms with Crippen molar-refractivity contribution in [2.24, 2.45) is 5.73 Å². The summed E-state index contributed by atoms with van der Waals surface area (Å²) in [7, 11) is 0. The number of carboxylic acids is 3. The van der Waals surface area contributed by atoms with Gasteiger partial charge in [-0.1, -0.05) is 18.2 Å². The van der Waals surface area contributed by atoms with Crippen LogP contribution in [0.4, 0.5) is 0 Å². The molecular weight excluding hydrogens is 522 g/mol. The first kappa shape index (κ1) is 30.1. The van der Waals surface area contributed by atoms with E-state index in [1.54, 1.807) is 30.5 Å². The van der Waals surface area contributed by atoms with Gasteiger partial charge in [0.15, 0.2) is 0 Å². The number of hydrogen-bond donors (Lipinski definition) is 9. The van der Waals surface area contributed by atoms with Crippen molar-refractivity contribution in [1.29, 1.82) is 0 Å². The van der Waals surface area contributed by atoms with Crippen LogP contribution in [0.25, 0.3) is 10.9 Å². The van der Waals surface area contributed by atoms with Gasteiger partial charge in [-0.2, -0.15) is 12.6 Å². The predicted octanol–water partition coefficient (Wildman–Crippen LogP) is -1.15. The SMILES string of the molecule is NC(CCC(=O)O)C(=O)NC(Cc1c[nH]c2ccccc12)C(=O)NC(CC(=O)O)C(=O)NC(CS)C(=O)O. The highest BCUT2D eigenvalue weighted by Gasteiger charge is 2.32. The van der Waals surface area contributed by atoms with Crippen molar-refractivity contribution < 1.29 is 44.1 Å². The molecule has 0 saturated heterocycles. The minimum Gasteiger partial charge on any atom is -0.481 e. The fourth-order valence-electron chi connectivity index (χ4n) is 3.53. The summed E-state index contributed by atoms with van der Waals surface area (Å²) in [6.07, 6.45) is 0.0655. The number of para-hydroxylation sites is 1. The summed E-state index contributed by atoms with van der Waals surface area (Å²) in [5.41, 5.74) is 7.14. The Morgan fingerprint density at radius 1 is 0.868 bits per heavy atom. The third-order valence-corrected chi connectivity index (χ3v) is 5.91. The van der Waals surface area contributed by atoms with Crippen LogP contribution in [0.1, 0.15) is 24.8 Å². The number of nitrogens with one attached hydrogen (secondary N) is 4. The Labute approximate surface area is 221 Å². The maximum atomic E-state index is 13.2. The topological polar surface area (TPSA) is 241 Å². The number of nitrogens with two attached hydrogens (primary N) is 1. The number of benzene rings is 1. The number of carbonyl (C=O) groups is 6. The van der Waals surface area contributed by atoms with Gasteiger partial charge in [0.2, 0.25) is 17.7 Å². The van der Waals surface area contributed by atoms with Crippen LogP contribution < -0.4 is 21.7 Å². The summed E-state index contributed by atoms with van der Waals surface area (Å²) in [6, 6.07) is 1.42. The summed E-state index contributed by atoms with van der Waals surface area (Å²) < 4.78 is 0. The Bertz CT molecular complexity index is 1200. The molecule has 14 nitrogen and oxygen atoms in total. The van der Waals surface area contributed by atoms with Crippen LogP contribution in [0.5, 0.6) is 0 Å². The van der Waals surface area contributed by atoms with E-state index in [0.29, 0.717) is 5.56 Å². The highest BCUT2D eigenvalue weighted by atomic mass is 32.1. The molecule has 1 heterocycles. The van der Waals surface area contributed by atoms with E-state index in [9.17, 15) is 33.9 Å². The molecule has 9 N–H and O–H groups in total. The normalized spacial score (nSPS) is 14.1. The largest absolute Gasteiger partial charge is 0.481 e. The summed E-state index contributed by atoms with van der Waals surface area (Å²) in [5, 5.41) is 34.8. The van der Waals surface area contributed by atoms with E-state index in [4.69, 9.17) is 15.9 Å². The van der Waals surface area contributed by atoms with Crippen molar-refractivity contribution in [3.8, 4) is 0 Å². The van der Waals surface area contributed by atoms with Gasteiger partial charge in [0, 0.05) is 35.7 Å². The van der Waals surface area contributed by atoms with Gasteiger partial charge in [-0.05, 0) is 18.1 Å². The number of carbonyl (C=O) groups excluding carboxylic acids is 3. The minimum absolute atomic E-state index is 0.0942. The minimum atomic E-state index is -1.68. The van der Waals surface area contributed by atoms with Crippen molar-refractivity contribution in [3.63, 3.8) is 0 Å². The molecule has 3 amide bonds. The van der Waals surface area contributed by atoms with Gasteiger partial charge in [-0.15, -0.1) is 0 Å². The number of hydrogen-bond acceptors (Lipinski definition) is 8. The Hall–Kier alpha value is -4.11. The van der Waals surface area contributed by atoms with Crippen LogP contribution in [-0.4, -0.2) is 85.9 Å². The second kappa shape index (κ2) is 14.0. The molecule has 4 unspecified atom stereocenters. The maximum Gasteiger partial charge on any atom is 0.327 e. The lowest BCUT2D eigenvalue weighted by Crippen LogP contribution is -2.58. The first-order valence-corrected chi connectivity index (χ1v) is 12.0. The number of aromatic amines is 1. The lowest BCUT2D eigenvalue weighted by Gasteiger charge is -2.24. The molecule has 0 radical (unpaired) electrons. The molecule has 0 aliphatic carbocycles. The number of rotatable bonds is 15. The number of aliphatic carboxylic acids is 3. The van der Waals surface area contributed by atoms with E-state index in [0.717, 1.165) is 10.9 Å². The van der Waals surface area contributed by atoms with Gasteiger partial charge < -0.3 is 42.0 Å². The molecule has 1 aromatic heterocycles. The van der Waals surface area contributed by atoms with Gasteiger partial charge in [-0.25, -0.2) is 4.79 Å². The fraction of sp³-hybridized carbons (Fsp3) is 0.391. The molecule has 0 spiro atoms. The third-order valence-electron chi connectivity index (χ3n) is 5.55. The van der Waals surface area contributed by atoms with Crippen LogP contribution in [0.2, 0.25) is 0 Å². The van der Waals surface area contributed by atoms with Crippen LogP contribution in [-0.2, 0) is 35.2 Å². The summed E-state index contributed by atoms with van der Waals surface area (Å²) >= 11 is 3.84. The van der Waals surface area contributed by atoms with Gasteiger partial charge in [0.1, 0.15) is 18.1 Å². The van der Waals surface area contributed by atoms with Gasteiger partial charge in [-0.3, -0.25) is 24.0 Å². The Kier molecular flexibility index (Phi) is 11.1. The van der Waals surface area contributed by atoms with E-state index in [1.807, 2.05) is 0 Å². The van der Waals surface area contributed by atoms with E-state index >= 15 is 0 Å². The lowest BCUT2D eigenvalue weighted by atomic mass is 10.0. The predicted molar refractivity (Wildman–Crippen MR) is 136 cm³/mol. The molecule has 4 atom stereocenters. The van der Waals surface area contributed by atoms with E-state index in [-0.39, 0.29) is 25.0 Å². The molecule has 0 aliphatic rings. The highest BCUT2D eigenvalue weighted by Crippen LogP contribution is 2.19.